The summed E-state index contributed by atoms with van der Waals surface area (Å²) in [5.74, 6) is -0.0726. The van der Waals surface area contributed by atoms with E-state index >= 15 is 0 Å². The molecule has 5 rings (SSSR count). The van der Waals surface area contributed by atoms with E-state index in [9.17, 15) is 19.7 Å². The van der Waals surface area contributed by atoms with Crippen molar-refractivity contribution in [3.8, 4) is 29.3 Å². The van der Waals surface area contributed by atoms with Gasteiger partial charge in [-0.1, -0.05) is 18.7 Å². The van der Waals surface area contributed by atoms with E-state index in [1.807, 2.05) is 18.9 Å². The third kappa shape index (κ3) is 3.99. The first-order valence-corrected chi connectivity index (χ1v) is 12.9. The number of likely N-dealkylation sites (tertiary alicyclic amines) is 1. The molecule has 2 aromatic heterocycles. The van der Waals surface area contributed by atoms with Crippen molar-refractivity contribution in [1.82, 2.24) is 14.9 Å². The second kappa shape index (κ2) is 9.86. The lowest BCUT2D eigenvalue weighted by Gasteiger charge is -2.32. The number of nitrogens with two attached hydrogens (primary N) is 1. The van der Waals surface area contributed by atoms with Gasteiger partial charge < -0.3 is 20.3 Å². The molecule has 1 aliphatic heterocycles. The molecule has 0 aliphatic carbocycles. The molecule has 0 spiro atoms. The number of hydrogen-bond acceptors (Lipinski definition) is 9. The maximum absolute atomic E-state index is 14.7. The predicted octanol–water partition coefficient (Wildman–Crippen LogP) is 4.60. The Morgan fingerprint density at radius 3 is 2.64 bits per heavy atom. The van der Waals surface area contributed by atoms with Crippen LogP contribution in [0.5, 0.6) is 6.01 Å². The summed E-state index contributed by atoms with van der Waals surface area (Å²) in [5.41, 5.74) is 7.77. The molecule has 0 unspecified atom stereocenters. The number of nitrogen functional groups attached to an aromatic ring is 1. The molecule has 39 heavy (non-hydrogen) atoms. The molecular formula is C28H24FN7O2S. The number of rotatable bonds is 5. The Labute approximate surface area is 228 Å². The minimum absolute atomic E-state index is 0.0504. The number of amides is 1. The van der Waals surface area contributed by atoms with Gasteiger partial charge in [0.15, 0.2) is 0 Å². The standard InChI is InChI=1S/C28H24FN7O2S/c1-5-22(37)36-11-10-21(14(36)2)35(3)27-17-7-6-15(18(12-30)24(17)33-28(34-27)38-4)16-8-9-20(29)25-23(16)19(13-31)26(32)39-25/h5-9,14,21H,1,10-11,32H2,2-4H3/t14-,21-/m1/s1. The molecule has 196 valence electrons. The van der Waals surface area contributed by atoms with Gasteiger partial charge in [-0.15, -0.1) is 11.3 Å². The molecule has 0 bridgehead atoms. The highest BCUT2D eigenvalue weighted by Gasteiger charge is 2.36. The van der Waals surface area contributed by atoms with Gasteiger partial charge in [0.05, 0.1) is 34.5 Å². The summed E-state index contributed by atoms with van der Waals surface area (Å²) >= 11 is 0.997. The van der Waals surface area contributed by atoms with Crippen LogP contribution in [0.15, 0.2) is 36.9 Å². The molecular weight excluding hydrogens is 517 g/mol. The number of likely N-dealkylation sites (N-methyl/N-ethyl adjacent to an activating group) is 1. The number of ether oxygens (including phenoxy) is 1. The van der Waals surface area contributed by atoms with E-state index in [2.05, 4.69) is 28.7 Å². The van der Waals surface area contributed by atoms with Crippen molar-refractivity contribution in [2.45, 2.75) is 25.4 Å². The van der Waals surface area contributed by atoms with E-state index in [0.29, 0.717) is 39.8 Å². The quantitative estimate of drug-likeness (QED) is 0.363. The number of halogens is 1. The Balaban J connectivity index is 1.72. The van der Waals surface area contributed by atoms with E-state index in [0.717, 1.165) is 17.8 Å². The van der Waals surface area contributed by atoms with E-state index in [1.165, 1.54) is 19.3 Å². The van der Waals surface area contributed by atoms with Gasteiger partial charge in [-0.2, -0.15) is 20.5 Å². The maximum atomic E-state index is 14.7. The molecule has 4 aromatic rings. The van der Waals surface area contributed by atoms with Gasteiger partial charge in [-0.3, -0.25) is 4.79 Å². The Morgan fingerprint density at radius 2 is 1.97 bits per heavy atom. The van der Waals surface area contributed by atoms with Gasteiger partial charge in [-0.05, 0) is 37.1 Å². The number of methoxy groups -OCH3 is 1. The van der Waals surface area contributed by atoms with Crippen LogP contribution in [0.4, 0.5) is 15.2 Å². The SMILES string of the molecule is C=CC(=O)N1CC[C@@H](N(C)c2nc(OC)nc3c(C#N)c(-c4ccc(F)c5sc(N)c(C#N)c45)ccc23)[C@H]1C. The third-order valence-corrected chi connectivity index (χ3v) is 8.37. The number of carbonyl (C=O) groups excluding carboxylic acids is 1. The monoisotopic (exact) mass is 541 g/mol. The van der Waals surface area contributed by atoms with Crippen LogP contribution >= 0.6 is 11.3 Å². The highest BCUT2D eigenvalue weighted by molar-refractivity contribution is 7.23. The minimum Gasteiger partial charge on any atom is -0.467 e. The van der Waals surface area contributed by atoms with Crippen LogP contribution in [0.1, 0.15) is 24.5 Å². The predicted molar refractivity (Wildman–Crippen MR) is 149 cm³/mol. The molecule has 1 saturated heterocycles. The molecule has 1 fully saturated rings. The van der Waals surface area contributed by atoms with Gasteiger partial charge in [-0.25, -0.2) is 4.39 Å². The fourth-order valence-electron chi connectivity index (χ4n) is 5.41. The first-order chi connectivity index (χ1) is 18.7. The van der Waals surface area contributed by atoms with Crippen LogP contribution in [0, 0.1) is 28.5 Å². The molecule has 1 amide bonds. The lowest BCUT2D eigenvalue weighted by Crippen LogP contribution is -2.43. The highest BCUT2D eigenvalue weighted by atomic mass is 32.1. The average Bonchev–Trinajstić information content (AvgIpc) is 3.50. The van der Waals surface area contributed by atoms with Gasteiger partial charge in [0, 0.05) is 36.0 Å². The fraction of sp³-hybridized carbons (Fsp3) is 0.250. The average molecular weight is 542 g/mol. The summed E-state index contributed by atoms with van der Waals surface area (Å²) in [6.07, 6.45) is 2.03. The van der Waals surface area contributed by atoms with Crippen molar-refractivity contribution in [2.75, 3.05) is 31.3 Å². The summed E-state index contributed by atoms with van der Waals surface area (Å²) in [5, 5.41) is 21.3. The number of thiophene rings is 1. The third-order valence-electron chi connectivity index (χ3n) is 7.35. The molecule has 2 N–H and O–H groups in total. The Hall–Kier alpha value is -4.74. The van der Waals surface area contributed by atoms with Crippen LogP contribution in [0.3, 0.4) is 0 Å². The van der Waals surface area contributed by atoms with Crippen LogP contribution < -0.4 is 15.4 Å². The fourth-order valence-corrected chi connectivity index (χ4v) is 6.36. The first-order valence-electron chi connectivity index (χ1n) is 12.1. The number of aromatic nitrogens is 2. The van der Waals surface area contributed by atoms with Gasteiger partial charge >= 0.3 is 6.01 Å². The second-order valence-electron chi connectivity index (χ2n) is 9.23. The van der Waals surface area contributed by atoms with E-state index in [1.54, 1.807) is 23.1 Å². The molecule has 1 aliphatic rings. The van der Waals surface area contributed by atoms with Gasteiger partial charge in [0.25, 0.3) is 0 Å². The molecule has 0 saturated carbocycles. The summed E-state index contributed by atoms with van der Waals surface area (Å²) in [4.78, 5) is 25.2. The lowest BCUT2D eigenvalue weighted by molar-refractivity contribution is -0.126. The number of nitrogens with zero attached hydrogens (tertiary/aromatic N) is 6. The maximum Gasteiger partial charge on any atom is 0.318 e. The molecule has 9 nitrogen and oxygen atoms in total. The number of anilines is 2. The molecule has 11 heteroatoms. The zero-order chi connectivity index (χ0) is 28.0. The molecule has 2 aromatic carbocycles. The first kappa shape index (κ1) is 25.9. The molecule has 0 radical (unpaired) electrons. The van der Waals surface area contributed by atoms with Crippen LogP contribution in [0.25, 0.3) is 32.1 Å². The zero-order valence-electron chi connectivity index (χ0n) is 21.5. The summed E-state index contributed by atoms with van der Waals surface area (Å²) < 4.78 is 20.3. The zero-order valence-corrected chi connectivity index (χ0v) is 22.3. The second-order valence-corrected chi connectivity index (χ2v) is 10.3. The normalized spacial score (nSPS) is 16.7. The van der Waals surface area contributed by atoms with Crippen molar-refractivity contribution in [3.63, 3.8) is 0 Å². The van der Waals surface area contributed by atoms with Gasteiger partial charge in [0.1, 0.15) is 28.8 Å². The van der Waals surface area contributed by atoms with Crippen molar-refractivity contribution in [1.29, 1.82) is 10.5 Å². The van der Waals surface area contributed by atoms with Gasteiger partial charge in [0.2, 0.25) is 5.91 Å². The largest absolute Gasteiger partial charge is 0.467 e. The van der Waals surface area contributed by atoms with Crippen molar-refractivity contribution >= 4 is 49.1 Å². The number of benzene rings is 2. The smallest absolute Gasteiger partial charge is 0.318 e. The topological polar surface area (TPSA) is 132 Å². The Morgan fingerprint density at radius 1 is 1.26 bits per heavy atom. The lowest BCUT2D eigenvalue weighted by atomic mass is 9.93. The highest BCUT2D eigenvalue weighted by Crippen LogP contribution is 2.43. The summed E-state index contributed by atoms with van der Waals surface area (Å²) in [6, 6.07) is 10.7. The van der Waals surface area contributed by atoms with E-state index in [4.69, 9.17) is 10.5 Å². The number of carbonyl (C=O) groups is 1. The van der Waals surface area contributed by atoms with Crippen LogP contribution in [-0.4, -0.2) is 53.6 Å². The Bertz CT molecular complexity index is 1750. The van der Waals surface area contributed by atoms with Crippen molar-refractivity contribution < 1.29 is 13.9 Å². The Kier molecular flexibility index (Phi) is 6.54. The number of hydrogen-bond donors (Lipinski definition) is 1. The number of nitriles is 2. The molecule has 3 heterocycles. The number of fused-ring (bicyclic) bond motifs is 2. The molecule has 2 atom stereocenters. The van der Waals surface area contributed by atoms with Crippen molar-refractivity contribution in [2.24, 2.45) is 0 Å². The van der Waals surface area contributed by atoms with Crippen LogP contribution in [-0.2, 0) is 4.79 Å². The summed E-state index contributed by atoms with van der Waals surface area (Å²) in [6.45, 7) is 6.17. The van der Waals surface area contributed by atoms with Crippen molar-refractivity contribution in [3.05, 3.63) is 53.9 Å². The van der Waals surface area contributed by atoms with Crippen LogP contribution in [0.2, 0.25) is 0 Å². The minimum atomic E-state index is -0.492. The summed E-state index contributed by atoms with van der Waals surface area (Å²) in [7, 11) is 3.33. The van der Waals surface area contributed by atoms with E-state index in [-0.39, 0.29) is 44.8 Å². The van der Waals surface area contributed by atoms with E-state index < -0.39 is 5.82 Å².